The molecule has 3 N–H and O–H groups in total. The Morgan fingerprint density at radius 3 is 2.62 bits per heavy atom. The zero-order chi connectivity index (χ0) is 15.2. The summed E-state index contributed by atoms with van der Waals surface area (Å²) in [4.78, 5) is 8.91. The first-order chi connectivity index (χ1) is 10.2. The predicted molar refractivity (Wildman–Crippen MR) is 84.5 cm³/mol. The molecule has 112 valence electrons. The molecule has 1 aromatic carbocycles. The van der Waals surface area contributed by atoms with Gasteiger partial charge in [0.1, 0.15) is 17.4 Å². The lowest BCUT2D eigenvalue weighted by atomic mass is 10.1. The van der Waals surface area contributed by atoms with Gasteiger partial charge in [-0.3, -0.25) is 0 Å². The lowest BCUT2D eigenvalue weighted by Gasteiger charge is -2.14. The summed E-state index contributed by atoms with van der Waals surface area (Å²) in [6.07, 6.45) is 2.67. The van der Waals surface area contributed by atoms with E-state index in [9.17, 15) is 0 Å². The molecule has 0 unspecified atom stereocenters. The van der Waals surface area contributed by atoms with Gasteiger partial charge in [0.05, 0.1) is 5.56 Å². The molecule has 0 saturated heterocycles. The normalized spacial score (nSPS) is 10.5. The third kappa shape index (κ3) is 3.49. The highest BCUT2D eigenvalue weighted by atomic mass is 16.5. The van der Waals surface area contributed by atoms with Crippen molar-refractivity contribution in [3.05, 3.63) is 41.2 Å². The van der Waals surface area contributed by atoms with Gasteiger partial charge in [0.25, 0.3) is 0 Å². The monoisotopic (exact) mass is 286 g/mol. The lowest BCUT2D eigenvalue weighted by molar-refractivity contribution is 0.449. The van der Waals surface area contributed by atoms with E-state index in [0.717, 1.165) is 42.0 Å². The Hall–Kier alpha value is -2.14. The van der Waals surface area contributed by atoms with Crippen molar-refractivity contribution in [2.45, 2.75) is 40.0 Å². The van der Waals surface area contributed by atoms with Crippen LogP contribution in [0.25, 0.3) is 0 Å². The molecule has 0 radical (unpaired) electrons. The maximum Gasteiger partial charge on any atom is 0.227 e. The van der Waals surface area contributed by atoms with Crippen molar-refractivity contribution in [1.29, 1.82) is 0 Å². The van der Waals surface area contributed by atoms with Gasteiger partial charge in [-0.05, 0) is 31.4 Å². The van der Waals surface area contributed by atoms with Crippen molar-refractivity contribution in [1.82, 2.24) is 9.97 Å². The zero-order valence-corrected chi connectivity index (χ0v) is 12.8. The van der Waals surface area contributed by atoms with E-state index in [1.165, 1.54) is 0 Å². The van der Waals surface area contributed by atoms with Crippen molar-refractivity contribution < 1.29 is 4.74 Å². The Labute approximate surface area is 125 Å². The zero-order valence-electron chi connectivity index (χ0n) is 12.8. The third-order valence-corrected chi connectivity index (χ3v) is 3.32. The van der Waals surface area contributed by atoms with E-state index >= 15 is 0 Å². The number of nitrogens with zero attached hydrogens (tertiary/aromatic N) is 2. The van der Waals surface area contributed by atoms with Gasteiger partial charge in [0, 0.05) is 6.42 Å². The Balaban J connectivity index is 2.40. The standard InChI is InChI=1S/C16H22N4O/c1-4-8-14-18-15(20-17)11(3)16(19-14)21-13-10-7-6-9-12(13)5-2/h6-7,9-10H,4-5,8,17H2,1-3H3,(H,18,19,20). The first-order valence-electron chi connectivity index (χ1n) is 7.29. The first kappa shape index (κ1) is 15.3. The SMILES string of the molecule is CCCc1nc(NN)c(C)c(Oc2ccccc2CC)n1. The number of nitrogens with one attached hydrogen (secondary N) is 1. The maximum absolute atomic E-state index is 6.01. The molecule has 21 heavy (non-hydrogen) atoms. The van der Waals surface area contributed by atoms with Crippen LogP contribution >= 0.6 is 0 Å². The van der Waals surface area contributed by atoms with Gasteiger partial charge in [-0.2, -0.15) is 4.98 Å². The molecule has 0 fully saturated rings. The largest absolute Gasteiger partial charge is 0.438 e. The van der Waals surface area contributed by atoms with Gasteiger partial charge in [0.2, 0.25) is 5.88 Å². The average molecular weight is 286 g/mol. The molecule has 0 aliphatic carbocycles. The molecule has 1 heterocycles. The minimum atomic E-state index is 0.558. The highest BCUT2D eigenvalue weighted by Crippen LogP contribution is 2.29. The number of anilines is 1. The molecule has 2 rings (SSSR count). The van der Waals surface area contributed by atoms with Crippen LogP contribution in [0.15, 0.2) is 24.3 Å². The molecule has 0 bridgehead atoms. The van der Waals surface area contributed by atoms with E-state index in [2.05, 4.69) is 35.3 Å². The summed E-state index contributed by atoms with van der Waals surface area (Å²) in [5.74, 6) is 8.27. The number of ether oxygens (including phenoxy) is 1. The molecule has 0 spiro atoms. The smallest absolute Gasteiger partial charge is 0.227 e. The number of aryl methyl sites for hydroxylation is 2. The van der Waals surface area contributed by atoms with E-state index in [-0.39, 0.29) is 0 Å². The quantitative estimate of drug-likeness (QED) is 0.629. The molecular formula is C16H22N4O. The summed E-state index contributed by atoms with van der Waals surface area (Å²) in [6.45, 7) is 6.09. The predicted octanol–water partition coefficient (Wildman–Crippen LogP) is 3.38. The van der Waals surface area contributed by atoms with Gasteiger partial charge in [-0.25, -0.2) is 10.8 Å². The number of benzene rings is 1. The summed E-state index contributed by atoms with van der Waals surface area (Å²) in [5, 5.41) is 0. The fourth-order valence-electron chi connectivity index (χ4n) is 2.12. The fourth-order valence-corrected chi connectivity index (χ4v) is 2.12. The third-order valence-electron chi connectivity index (χ3n) is 3.32. The molecule has 1 aromatic heterocycles. The summed E-state index contributed by atoms with van der Waals surface area (Å²) in [5.41, 5.74) is 4.57. The Morgan fingerprint density at radius 2 is 1.95 bits per heavy atom. The molecule has 2 aromatic rings. The van der Waals surface area contributed by atoms with Crippen molar-refractivity contribution in [3.8, 4) is 11.6 Å². The molecule has 0 amide bonds. The van der Waals surface area contributed by atoms with Crippen LogP contribution < -0.4 is 16.0 Å². The molecule has 0 atom stereocenters. The summed E-state index contributed by atoms with van der Waals surface area (Å²) in [7, 11) is 0. The highest BCUT2D eigenvalue weighted by molar-refractivity contribution is 5.49. The highest BCUT2D eigenvalue weighted by Gasteiger charge is 2.13. The van der Waals surface area contributed by atoms with Crippen LogP contribution in [0.4, 0.5) is 5.82 Å². The number of hydrogen-bond donors (Lipinski definition) is 2. The number of hydrogen-bond acceptors (Lipinski definition) is 5. The van der Waals surface area contributed by atoms with Gasteiger partial charge >= 0.3 is 0 Å². The van der Waals surface area contributed by atoms with E-state index in [1.807, 2.05) is 25.1 Å². The minimum Gasteiger partial charge on any atom is -0.438 e. The van der Waals surface area contributed by atoms with Crippen LogP contribution in [0.5, 0.6) is 11.6 Å². The van der Waals surface area contributed by atoms with Gasteiger partial charge in [-0.1, -0.05) is 32.0 Å². The maximum atomic E-state index is 6.01. The van der Waals surface area contributed by atoms with Crippen LogP contribution in [0.1, 0.15) is 37.2 Å². The second kappa shape index (κ2) is 7.04. The van der Waals surface area contributed by atoms with Crippen molar-refractivity contribution in [3.63, 3.8) is 0 Å². The van der Waals surface area contributed by atoms with Crippen molar-refractivity contribution >= 4 is 5.82 Å². The number of hydrazine groups is 1. The van der Waals surface area contributed by atoms with Gasteiger partial charge in [-0.15, -0.1) is 0 Å². The molecule has 0 aliphatic rings. The first-order valence-corrected chi connectivity index (χ1v) is 7.29. The van der Waals surface area contributed by atoms with Crippen LogP contribution in [0, 0.1) is 6.92 Å². The van der Waals surface area contributed by atoms with E-state index in [1.54, 1.807) is 0 Å². The van der Waals surface area contributed by atoms with Crippen LogP contribution in [-0.4, -0.2) is 9.97 Å². The van der Waals surface area contributed by atoms with Crippen LogP contribution in [-0.2, 0) is 12.8 Å². The average Bonchev–Trinajstić information content (AvgIpc) is 2.51. The lowest BCUT2D eigenvalue weighted by Crippen LogP contribution is -2.13. The Kier molecular flexibility index (Phi) is 5.11. The van der Waals surface area contributed by atoms with E-state index in [0.29, 0.717) is 11.7 Å². The fraction of sp³-hybridized carbons (Fsp3) is 0.375. The second-order valence-corrected chi connectivity index (χ2v) is 4.88. The van der Waals surface area contributed by atoms with Crippen molar-refractivity contribution in [2.24, 2.45) is 5.84 Å². The Morgan fingerprint density at radius 1 is 1.19 bits per heavy atom. The molecule has 0 saturated carbocycles. The number of aromatic nitrogens is 2. The van der Waals surface area contributed by atoms with Crippen LogP contribution in [0.3, 0.4) is 0 Å². The number of nitrogens with two attached hydrogens (primary N) is 1. The number of para-hydroxylation sites is 1. The van der Waals surface area contributed by atoms with Crippen molar-refractivity contribution in [2.75, 3.05) is 5.43 Å². The molecule has 0 aliphatic heterocycles. The molecule has 5 nitrogen and oxygen atoms in total. The van der Waals surface area contributed by atoms with Gasteiger partial charge in [0.15, 0.2) is 0 Å². The summed E-state index contributed by atoms with van der Waals surface area (Å²) >= 11 is 0. The Bertz CT molecular complexity index is 613. The molecular weight excluding hydrogens is 264 g/mol. The summed E-state index contributed by atoms with van der Waals surface area (Å²) < 4.78 is 6.01. The minimum absolute atomic E-state index is 0.558. The van der Waals surface area contributed by atoms with E-state index in [4.69, 9.17) is 10.6 Å². The number of nitrogen functional groups attached to an aromatic ring is 1. The van der Waals surface area contributed by atoms with Gasteiger partial charge < -0.3 is 10.2 Å². The van der Waals surface area contributed by atoms with Crippen LogP contribution in [0.2, 0.25) is 0 Å². The van der Waals surface area contributed by atoms with E-state index < -0.39 is 0 Å². The molecule has 5 heteroatoms. The number of rotatable bonds is 6. The summed E-state index contributed by atoms with van der Waals surface area (Å²) in [6, 6.07) is 7.98. The topological polar surface area (TPSA) is 73.1 Å². The second-order valence-electron chi connectivity index (χ2n) is 4.88.